The molecular weight excluding hydrogens is 290 g/mol. The van der Waals surface area contributed by atoms with Crippen LogP contribution >= 0.6 is 0 Å². The van der Waals surface area contributed by atoms with E-state index in [1.54, 1.807) is 0 Å². The number of benzene rings is 1. The van der Waals surface area contributed by atoms with Gasteiger partial charge in [-0.15, -0.1) is 10.2 Å². The first-order valence-corrected chi connectivity index (χ1v) is 8.24. The van der Waals surface area contributed by atoms with E-state index in [9.17, 15) is 4.79 Å². The van der Waals surface area contributed by atoms with Crippen molar-refractivity contribution < 1.29 is 4.79 Å². The third-order valence-electron chi connectivity index (χ3n) is 4.77. The van der Waals surface area contributed by atoms with Gasteiger partial charge in [-0.25, -0.2) is 0 Å². The van der Waals surface area contributed by atoms with Crippen molar-refractivity contribution in [2.75, 3.05) is 6.54 Å². The molecule has 0 radical (unpaired) electrons. The molecule has 0 bridgehead atoms. The minimum absolute atomic E-state index is 0.139. The number of fused-ring (bicyclic) bond motifs is 1. The van der Waals surface area contributed by atoms with Crippen molar-refractivity contribution in [2.45, 2.75) is 44.9 Å². The Balaban J connectivity index is 1.61. The molecule has 0 aliphatic carbocycles. The molecule has 1 N–H and O–H groups in total. The van der Waals surface area contributed by atoms with Crippen molar-refractivity contribution >= 4 is 5.91 Å². The van der Waals surface area contributed by atoms with Gasteiger partial charge in [0, 0.05) is 6.54 Å². The normalized spacial score (nSPS) is 24.0. The fraction of sp³-hybridized carbons (Fsp3) is 0.471. The molecule has 6 heteroatoms. The molecule has 1 amide bonds. The van der Waals surface area contributed by atoms with E-state index in [0.29, 0.717) is 13.1 Å². The van der Waals surface area contributed by atoms with Gasteiger partial charge in [0.25, 0.3) is 0 Å². The molecule has 120 valence electrons. The topological polar surface area (TPSA) is 63.1 Å². The predicted molar refractivity (Wildman–Crippen MR) is 85.4 cm³/mol. The molecule has 2 aliphatic rings. The van der Waals surface area contributed by atoms with Gasteiger partial charge in [-0.2, -0.15) is 0 Å². The van der Waals surface area contributed by atoms with Crippen LogP contribution in [0.1, 0.15) is 49.1 Å². The molecule has 0 spiro atoms. The summed E-state index contributed by atoms with van der Waals surface area (Å²) in [6.45, 7) is 4.10. The highest BCUT2D eigenvalue weighted by molar-refractivity contribution is 5.81. The lowest BCUT2D eigenvalue weighted by Gasteiger charge is -2.32. The van der Waals surface area contributed by atoms with E-state index in [1.807, 2.05) is 46.7 Å². The molecule has 3 heterocycles. The van der Waals surface area contributed by atoms with E-state index < -0.39 is 0 Å². The molecule has 1 saturated heterocycles. The zero-order valence-electron chi connectivity index (χ0n) is 13.3. The Bertz CT molecular complexity index is 705. The second kappa shape index (κ2) is 5.77. The first kappa shape index (κ1) is 14.4. The van der Waals surface area contributed by atoms with Crippen LogP contribution in [0.4, 0.5) is 0 Å². The van der Waals surface area contributed by atoms with Gasteiger partial charge in [0.1, 0.15) is 6.04 Å². The maximum absolute atomic E-state index is 12.8. The lowest BCUT2D eigenvalue weighted by atomic mass is 10.1. The molecule has 1 fully saturated rings. The van der Waals surface area contributed by atoms with Gasteiger partial charge in [-0.3, -0.25) is 9.36 Å². The van der Waals surface area contributed by atoms with Crippen LogP contribution in [0.25, 0.3) is 0 Å². The average molecular weight is 311 g/mol. The molecule has 6 nitrogen and oxygen atoms in total. The SMILES string of the molecule is C[C@@H]1C(=O)N(Cc2ccccc2)Cc2nnc(C3CCCN3)n21. The number of carbonyl (C=O) groups excluding carboxylic acids is 1. The molecular formula is C17H21N5O. The summed E-state index contributed by atoms with van der Waals surface area (Å²) in [6.07, 6.45) is 2.21. The first-order valence-electron chi connectivity index (χ1n) is 8.24. The number of hydrogen-bond donors (Lipinski definition) is 1. The number of nitrogens with one attached hydrogen (secondary N) is 1. The van der Waals surface area contributed by atoms with Crippen molar-refractivity contribution in [1.29, 1.82) is 0 Å². The van der Waals surface area contributed by atoms with Crippen LogP contribution in [0.15, 0.2) is 30.3 Å². The van der Waals surface area contributed by atoms with Crippen molar-refractivity contribution in [3.8, 4) is 0 Å². The summed E-state index contributed by atoms with van der Waals surface area (Å²) >= 11 is 0. The average Bonchev–Trinajstić information content (AvgIpc) is 3.22. The minimum atomic E-state index is -0.241. The molecule has 2 aliphatic heterocycles. The van der Waals surface area contributed by atoms with Crippen molar-refractivity contribution in [3.63, 3.8) is 0 Å². The predicted octanol–water partition coefficient (Wildman–Crippen LogP) is 1.81. The van der Waals surface area contributed by atoms with Crippen LogP contribution in [0, 0.1) is 0 Å². The summed E-state index contributed by atoms with van der Waals surface area (Å²) in [4.78, 5) is 14.7. The minimum Gasteiger partial charge on any atom is -0.329 e. The number of rotatable bonds is 3. The molecule has 23 heavy (non-hydrogen) atoms. The Kier molecular flexibility index (Phi) is 3.61. The highest BCUT2D eigenvalue weighted by atomic mass is 16.2. The quantitative estimate of drug-likeness (QED) is 0.939. The second-order valence-corrected chi connectivity index (χ2v) is 6.35. The smallest absolute Gasteiger partial charge is 0.246 e. The van der Waals surface area contributed by atoms with Gasteiger partial charge in [0.2, 0.25) is 5.91 Å². The van der Waals surface area contributed by atoms with E-state index in [1.165, 1.54) is 0 Å². The number of nitrogens with zero attached hydrogens (tertiary/aromatic N) is 4. The first-order chi connectivity index (χ1) is 11.2. The largest absolute Gasteiger partial charge is 0.329 e. The Morgan fingerprint density at radius 2 is 2.09 bits per heavy atom. The van der Waals surface area contributed by atoms with Crippen LogP contribution in [0.3, 0.4) is 0 Å². The Labute approximate surface area is 135 Å². The summed E-state index contributed by atoms with van der Waals surface area (Å²) in [7, 11) is 0. The third kappa shape index (κ3) is 2.53. The summed E-state index contributed by atoms with van der Waals surface area (Å²) in [5.74, 6) is 1.94. The monoisotopic (exact) mass is 311 g/mol. The molecule has 2 aromatic rings. The van der Waals surface area contributed by atoms with Gasteiger partial charge in [-0.1, -0.05) is 30.3 Å². The van der Waals surface area contributed by atoms with Crippen molar-refractivity contribution in [2.24, 2.45) is 0 Å². The lowest BCUT2D eigenvalue weighted by Crippen LogP contribution is -2.42. The summed E-state index contributed by atoms with van der Waals surface area (Å²) in [6, 6.07) is 10.1. The molecule has 1 aromatic heterocycles. The summed E-state index contributed by atoms with van der Waals surface area (Å²) < 4.78 is 2.03. The van der Waals surface area contributed by atoms with E-state index in [-0.39, 0.29) is 18.0 Å². The fourth-order valence-electron chi connectivity index (χ4n) is 3.57. The van der Waals surface area contributed by atoms with Gasteiger partial charge >= 0.3 is 0 Å². The van der Waals surface area contributed by atoms with Crippen LogP contribution in [0.2, 0.25) is 0 Å². The zero-order valence-corrected chi connectivity index (χ0v) is 13.3. The molecule has 1 aromatic carbocycles. The van der Waals surface area contributed by atoms with Crippen molar-refractivity contribution in [3.05, 3.63) is 47.5 Å². The van der Waals surface area contributed by atoms with E-state index in [4.69, 9.17) is 0 Å². The number of amides is 1. The third-order valence-corrected chi connectivity index (χ3v) is 4.77. The van der Waals surface area contributed by atoms with E-state index in [2.05, 4.69) is 15.5 Å². The van der Waals surface area contributed by atoms with Crippen LogP contribution < -0.4 is 5.32 Å². The molecule has 0 saturated carbocycles. The van der Waals surface area contributed by atoms with Crippen LogP contribution in [-0.2, 0) is 17.9 Å². The highest BCUT2D eigenvalue weighted by Crippen LogP contribution is 2.29. The highest BCUT2D eigenvalue weighted by Gasteiger charge is 2.35. The standard InChI is InChI=1S/C17H21N5O/c1-12-17(23)21(10-13-6-3-2-4-7-13)11-15-19-20-16(22(12)15)14-8-5-9-18-14/h2-4,6-7,12,14,18H,5,8-11H2,1H3/t12-,14?/m1/s1. The summed E-state index contributed by atoms with van der Waals surface area (Å²) in [5, 5.41) is 12.2. The molecule has 1 unspecified atom stereocenters. The van der Waals surface area contributed by atoms with Gasteiger partial charge < -0.3 is 10.2 Å². The Morgan fingerprint density at radius 1 is 1.26 bits per heavy atom. The Morgan fingerprint density at radius 3 is 2.83 bits per heavy atom. The maximum Gasteiger partial charge on any atom is 0.246 e. The number of carbonyl (C=O) groups is 1. The summed E-state index contributed by atoms with van der Waals surface area (Å²) in [5.41, 5.74) is 1.14. The van der Waals surface area contributed by atoms with Gasteiger partial charge in [0.15, 0.2) is 11.6 Å². The lowest BCUT2D eigenvalue weighted by molar-refractivity contribution is -0.137. The molecule has 4 rings (SSSR count). The van der Waals surface area contributed by atoms with E-state index in [0.717, 1.165) is 36.6 Å². The van der Waals surface area contributed by atoms with Gasteiger partial charge in [-0.05, 0) is 31.9 Å². The molecule has 2 atom stereocenters. The second-order valence-electron chi connectivity index (χ2n) is 6.35. The van der Waals surface area contributed by atoms with E-state index >= 15 is 0 Å². The fourth-order valence-corrected chi connectivity index (χ4v) is 3.57. The Hall–Kier alpha value is -2.21. The number of aromatic nitrogens is 3. The number of hydrogen-bond acceptors (Lipinski definition) is 4. The zero-order chi connectivity index (χ0) is 15.8. The van der Waals surface area contributed by atoms with Crippen LogP contribution in [0.5, 0.6) is 0 Å². The maximum atomic E-state index is 12.8. The van der Waals surface area contributed by atoms with Crippen molar-refractivity contribution in [1.82, 2.24) is 25.0 Å². The van der Waals surface area contributed by atoms with Crippen LogP contribution in [-0.4, -0.2) is 32.1 Å². The van der Waals surface area contributed by atoms with Gasteiger partial charge in [0.05, 0.1) is 12.6 Å².